The van der Waals surface area contributed by atoms with Crippen LogP contribution in [0.15, 0.2) is 11.1 Å². The second kappa shape index (κ2) is 1.78. The molecule has 2 aromatic rings. The van der Waals surface area contributed by atoms with E-state index in [-0.39, 0.29) is 11.2 Å². The molecule has 0 aromatic carbocycles. The van der Waals surface area contributed by atoms with E-state index < -0.39 is 5.56 Å². The zero-order valence-electron chi connectivity index (χ0n) is 5.35. The van der Waals surface area contributed by atoms with Crippen LogP contribution in [0.25, 0.3) is 11.2 Å². The molecule has 0 fully saturated rings. The molecule has 7 nitrogen and oxygen atoms in total. The van der Waals surface area contributed by atoms with Gasteiger partial charge in [-0.25, -0.2) is 4.98 Å². The average molecular weight is 152 g/mol. The molecule has 0 aliphatic heterocycles. The molecule has 11 heavy (non-hydrogen) atoms. The van der Waals surface area contributed by atoms with Crippen molar-refractivity contribution in [1.82, 2.24) is 25.1 Å². The summed E-state index contributed by atoms with van der Waals surface area (Å²) in [5.74, 6) is 5.13. The van der Waals surface area contributed by atoms with Gasteiger partial charge in [-0.1, -0.05) is 0 Å². The number of hydrogen-bond acceptors (Lipinski definition) is 5. The van der Waals surface area contributed by atoms with Gasteiger partial charge in [0.25, 0.3) is 0 Å². The SMILES string of the molecule is Nn1nnc2nc[nH]c2c1=O. The van der Waals surface area contributed by atoms with Crippen LogP contribution in [0.5, 0.6) is 0 Å². The Labute approximate surface area is 59.8 Å². The van der Waals surface area contributed by atoms with Crippen molar-refractivity contribution in [2.75, 3.05) is 5.84 Å². The monoisotopic (exact) mass is 152 g/mol. The smallest absolute Gasteiger partial charge is 0.314 e. The number of nitrogens with one attached hydrogen (secondary N) is 1. The molecule has 3 N–H and O–H groups in total. The van der Waals surface area contributed by atoms with Crippen molar-refractivity contribution in [1.29, 1.82) is 0 Å². The van der Waals surface area contributed by atoms with Crippen molar-refractivity contribution in [2.24, 2.45) is 0 Å². The molecule has 2 heterocycles. The van der Waals surface area contributed by atoms with Crippen LogP contribution >= 0.6 is 0 Å². The molecular formula is C4H4N6O. The maximum Gasteiger partial charge on any atom is 0.314 e. The Morgan fingerprint density at radius 3 is 3.27 bits per heavy atom. The van der Waals surface area contributed by atoms with Gasteiger partial charge in [-0.2, -0.15) is 0 Å². The normalized spacial score (nSPS) is 10.5. The van der Waals surface area contributed by atoms with E-state index in [1.807, 2.05) is 0 Å². The van der Waals surface area contributed by atoms with Crippen LogP contribution in [0.2, 0.25) is 0 Å². The molecule has 0 atom stereocenters. The summed E-state index contributed by atoms with van der Waals surface area (Å²) >= 11 is 0. The summed E-state index contributed by atoms with van der Waals surface area (Å²) in [5.41, 5.74) is 0.103. The van der Waals surface area contributed by atoms with Gasteiger partial charge in [0.15, 0.2) is 5.52 Å². The molecule has 2 aromatic heterocycles. The van der Waals surface area contributed by atoms with Crippen LogP contribution in [0.3, 0.4) is 0 Å². The molecule has 2 rings (SSSR count). The average Bonchev–Trinajstić information content (AvgIpc) is 2.45. The van der Waals surface area contributed by atoms with Crippen LogP contribution in [-0.2, 0) is 0 Å². The summed E-state index contributed by atoms with van der Waals surface area (Å²) in [6, 6.07) is 0. The summed E-state index contributed by atoms with van der Waals surface area (Å²) in [6.07, 6.45) is 1.36. The fourth-order valence-corrected chi connectivity index (χ4v) is 0.766. The van der Waals surface area contributed by atoms with Gasteiger partial charge in [-0.05, 0) is 5.21 Å². The molecule has 0 radical (unpaired) electrons. The van der Waals surface area contributed by atoms with Gasteiger partial charge < -0.3 is 10.8 Å². The number of rotatable bonds is 0. The van der Waals surface area contributed by atoms with E-state index in [4.69, 9.17) is 5.84 Å². The van der Waals surface area contributed by atoms with Crippen LogP contribution in [0, 0.1) is 0 Å². The highest BCUT2D eigenvalue weighted by Crippen LogP contribution is 1.93. The first kappa shape index (κ1) is 5.83. The topological polar surface area (TPSA) is 102 Å². The van der Waals surface area contributed by atoms with E-state index in [1.54, 1.807) is 0 Å². The lowest BCUT2D eigenvalue weighted by Gasteiger charge is -1.90. The Bertz CT molecular complexity index is 441. The van der Waals surface area contributed by atoms with Crippen molar-refractivity contribution in [3.63, 3.8) is 0 Å². The first-order chi connectivity index (χ1) is 5.29. The van der Waals surface area contributed by atoms with Crippen LogP contribution in [-0.4, -0.2) is 25.1 Å². The standard InChI is InChI=1S/C4H4N6O/c5-10-4(11)2-3(8-9-10)7-1-6-2/h1H,5H2,(H,6,7). The highest BCUT2D eigenvalue weighted by atomic mass is 16.1. The maximum absolute atomic E-state index is 11.1. The molecule has 56 valence electrons. The number of aromatic amines is 1. The van der Waals surface area contributed by atoms with Crippen molar-refractivity contribution in [3.05, 3.63) is 16.7 Å². The largest absolute Gasteiger partial charge is 0.339 e. The number of imidazole rings is 1. The lowest BCUT2D eigenvalue weighted by molar-refractivity contribution is 0.699. The van der Waals surface area contributed by atoms with E-state index >= 15 is 0 Å². The maximum atomic E-state index is 11.1. The van der Waals surface area contributed by atoms with Crippen LogP contribution in [0.4, 0.5) is 0 Å². The number of nitrogens with two attached hydrogens (primary N) is 1. The number of nitrogen functional groups attached to an aromatic ring is 1. The van der Waals surface area contributed by atoms with Gasteiger partial charge in [0.2, 0.25) is 5.65 Å². The molecule has 0 spiro atoms. The van der Waals surface area contributed by atoms with Crippen LogP contribution < -0.4 is 11.4 Å². The zero-order chi connectivity index (χ0) is 7.84. The molecule has 7 heteroatoms. The Balaban J connectivity index is 3.05. The van der Waals surface area contributed by atoms with E-state index in [0.717, 1.165) is 0 Å². The third-order valence-electron chi connectivity index (χ3n) is 1.28. The molecule has 0 saturated heterocycles. The second-order valence-corrected chi connectivity index (χ2v) is 1.94. The molecular weight excluding hydrogens is 148 g/mol. The van der Waals surface area contributed by atoms with E-state index in [2.05, 4.69) is 20.3 Å². The van der Waals surface area contributed by atoms with Crippen molar-refractivity contribution >= 4 is 11.2 Å². The molecule has 0 saturated carbocycles. The van der Waals surface area contributed by atoms with Gasteiger partial charge in [0.1, 0.15) is 0 Å². The van der Waals surface area contributed by atoms with Gasteiger partial charge >= 0.3 is 5.56 Å². The predicted molar refractivity (Wildman–Crippen MR) is 36.1 cm³/mol. The minimum absolute atomic E-state index is 0.266. The molecule has 0 unspecified atom stereocenters. The summed E-state index contributed by atoms with van der Waals surface area (Å²) in [5, 5.41) is 6.88. The third-order valence-corrected chi connectivity index (χ3v) is 1.28. The van der Waals surface area contributed by atoms with E-state index in [1.165, 1.54) is 6.33 Å². The van der Waals surface area contributed by atoms with Crippen molar-refractivity contribution in [3.8, 4) is 0 Å². The van der Waals surface area contributed by atoms with Crippen LogP contribution in [0.1, 0.15) is 0 Å². The quantitative estimate of drug-likeness (QED) is 0.435. The van der Waals surface area contributed by atoms with Crippen molar-refractivity contribution < 1.29 is 0 Å². The third kappa shape index (κ3) is 0.672. The predicted octanol–water partition coefficient (Wildman–Crippen LogP) is -1.77. The van der Waals surface area contributed by atoms with Crippen molar-refractivity contribution in [2.45, 2.75) is 0 Å². The minimum atomic E-state index is -0.437. The van der Waals surface area contributed by atoms with E-state index in [9.17, 15) is 4.79 Å². The Morgan fingerprint density at radius 2 is 2.45 bits per heavy atom. The molecule has 0 aliphatic carbocycles. The summed E-state index contributed by atoms with van der Waals surface area (Å²) in [7, 11) is 0. The first-order valence-corrected chi connectivity index (χ1v) is 2.83. The Morgan fingerprint density at radius 1 is 1.64 bits per heavy atom. The summed E-state index contributed by atoms with van der Waals surface area (Å²) < 4.78 is 0. The summed E-state index contributed by atoms with van der Waals surface area (Å²) in [6.45, 7) is 0. The Hall–Kier alpha value is -1.92. The van der Waals surface area contributed by atoms with Gasteiger partial charge in [0.05, 0.1) is 6.33 Å². The number of H-pyrrole nitrogens is 1. The van der Waals surface area contributed by atoms with E-state index in [0.29, 0.717) is 4.79 Å². The first-order valence-electron chi connectivity index (χ1n) is 2.83. The molecule has 0 amide bonds. The highest BCUT2D eigenvalue weighted by molar-refractivity contribution is 5.66. The summed E-state index contributed by atoms with van der Waals surface area (Å²) in [4.78, 5) is 18.0. The number of nitrogens with zero attached hydrogens (tertiary/aromatic N) is 4. The Kier molecular flexibility index (Phi) is 0.945. The van der Waals surface area contributed by atoms with Gasteiger partial charge in [-0.15, -0.1) is 9.89 Å². The number of fused-ring (bicyclic) bond motifs is 1. The molecule has 0 aliphatic rings. The zero-order valence-corrected chi connectivity index (χ0v) is 5.35. The lowest BCUT2D eigenvalue weighted by atomic mass is 10.6. The fraction of sp³-hybridized carbons (Fsp3) is 0. The highest BCUT2D eigenvalue weighted by Gasteiger charge is 2.03. The molecule has 0 bridgehead atoms. The lowest BCUT2D eigenvalue weighted by Crippen LogP contribution is -2.30. The fourth-order valence-electron chi connectivity index (χ4n) is 0.766. The number of hydrogen-bond donors (Lipinski definition) is 2. The number of aromatic nitrogens is 5. The second-order valence-electron chi connectivity index (χ2n) is 1.94. The van der Waals surface area contributed by atoms with Gasteiger partial charge in [-0.3, -0.25) is 4.79 Å². The minimum Gasteiger partial charge on any atom is -0.339 e. The van der Waals surface area contributed by atoms with Gasteiger partial charge in [0, 0.05) is 0 Å².